The molecule has 2 rings (SSSR count). The predicted octanol–water partition coefficient (Wildman–Crippen LogP) is 3.17. The summed E-state index contributed by atoms with van der Waals surface area (Å²) >= 11 is 0. The van der Waals surface area contributed by atoms with Gasteiger partial charge in [-0.15, -0.1) is 0 Å². The summed E-state index contributed by atoms with van der Waals surface area (Å²) in [6.07, 6.45) is 0. The van der Waals surface area contributed by atoms with E-state index in [0.717, 1.165) is 6.54 Å². The van der Waals surface area contributed by atoms with Crippen molar-refractivity contribution in [2.45, 2.75) is 19.5 Å². The van der Waals surface area contributed by atoms with E-state index in [1.165, 1.54) is 11.6 Å². The van der Waals surface area contributed by atoms with E-state index in [2.05, 4.69) is 17.0 Å². The first-order valence-corrected chi connectivity index (χ1v) is 6.15. The number of aromatic carboxylic acids is 1. The first-order chi connectivity index (χ1) is 9.08. The van der Waals surface area contributed by atoms with E-state index >= 15 is 0 Å². The molecule has 0 radical (unpaired) electrons. The van der Waals surface area contributed by atoms with Gasteiger partial charge in [-0.1, -0.05) is 30.3 Å². The Morgan fingerprint density at radius 1 is 1.26 bits per heavy atom. The SMILES string of the molecule is CC(c1ccc(C(=O)O)o1)N(C)Cc1ccccc1. The van der Waals surface area contributed by atoms with Crippen LogP contribution in [0.5, 0.6) is 0 Å². The van der Waals surface area contributed by atoms with Gasteiger partial charge in [-0.3, -0.25) is 4.90 Å². The zero-order chi connectivity index (χ0) is 13.8. The van der Waals surface area contributed by atoms with Gasteiger partial charge in [0.05, 0.1) is 6.04 Å². The van der Waals surface area contributed by atoms with Crippen molar-refractivity contribution in [3.05, 3.63) is 59.5 Å². The second-order valence-corrected chi connectivity index (χ2v) is 4.58. The molecule has 1 aromatic heterocycles. The Morgan fingerprint density at radius 3 is 2.53 bits per heavy atom. The van der Waals surface area contributed by atoms with Crippen LogP contribution >= 0.6 is 0 Å². The smallest absolute Gasteiger partial charge is 0.371 e. The van der Waals surface area contributed by atoms with Crippen molar-refractivity contribution in [2.75, 3.05) is 7.05 Å². The highest BCUT2D eigenvalue weighted by atomic mass is 16.4. The van der Waals surface area contributed by atoms with Gasteiger partial charge in [-0.2, -0.15) is 0 Å². The summed E-state index contributed by atoms with van der Waals surface area (Å²) in [6.45, 7) is 2.78. The van der Waals surface area contributed by atoms with Gasteiger partial charge in [0.25, 0.3) is 0 Å². The van der Waals surface area contributed by atoms with Gasteiger partial charge >= 0.3 is 5.97 Å². The lowest BCUT2D eigenvalue weighted by molar-refractivity contribution is 0.0656. The third-order valence-electron chi connectivity index (χ3n) is 3.19. The van der Waals surface area contributed by atoms with E-state index in [0.29, 0.717) is 5.76 Å². The molecule has 1 N–H and O–H groups in total. The molecule has 1 atom stereocenters. The zero-order valence-corrected chi connectivity index (χ0v) is 11.0. The molecule has 1 aromatic carbocycles. The highest BCUT2D eigenvalue weighted by Crippen LogP contribution is 2.22. The Morgan fingerprint density at radius 2 is 1.95 bits per heavy atom. The number of carbonyl (C=O) groups is 1. The number of rotatable bonds is 5. The summed E-state index contributed by atoms with van der Waals surface area (Å²) in [5, 5.41) is 8.85. The van der Waals surface area contributed by atoms with E-state index in [-0.39, 0.29) is 11.8 Å². The lowest BCUT2D eigenvalue weighted by Crippen LogP contribution is -2.21. The molecule has 0 aliphatic carbocycles. The number of hydrogen-bond donors (Lipinski definition) is 1. The van der Waals surface area contributed by atoms with Crippen LogP contribution < -0.4 is 0 Å². The summed E-state index contributed by atoms with van der Waals surface area (Å²) in [7, 11) is 1.99. The Labute approximate surface area is 112 Å². The van der Waals surface area contributed by atoms with E-state index in [1.807, 2.05) is 32.2 Å². The molecule has 2 aromatic rings. The second-order valence-electron chi connectivity index (χ2n) is 4.58. The molecule has 1 unspecified atom stereocenters. The summed E-state index contributed by atoms with van der Waals surface area (Å²) < 4.78 is 5.32. The minimum Gasteiger partial charge on any atom is -0.475 e. The van der Waals surface area contributed by atoms with Crippen LogP contribution in [0.3, 0.4) is 0 Å². The van der Waals surface area contributed by atoms with Gasteiger partial charge in [-0.05, 0) is 31.7 Å². The number of furan rings is 1. The van der Waals surface area contributed by atoms with Crippen molar-refractivity contribution in [1.82, 2.24) is 4.90 Å². The molecule has 1 heterocycles. The quantitative estimate of drug-likeness (QED) is 0.896. The normalized spacial score (nSPS) is 12.6. The molecule has 0 aliphatic rings. The lowest BCUT2D eigenvalue weighted by Gasteiger charge is -2.22. The van der Waals surface area contributed by atoms with Crippen LogP contribution in [0, 0.1) is 0 Å². The lowest BCUT2D eigenvalue weighted by atomic mass is 10.1. The number of benzene rings is 1. The molecular weight excluding hydrogens is 242 g/mol. The van der Waals surface area contributed by atoms with Crippen LogP contribution in [0.15, 0.2) is 46.9 Å². The maximum atomic E-state index is 10.8. The monoisotopic (exact) mass is 259 g/mol. The Bertz CT molecular complexity index is 548. The summed E-state index contributed by atoms with van der Waals surface area (Å²) in [4.78, 5) is 12.9. The Kier molecular flexibility index (Phi) is 4.02. The van der Waals surface area contributed by atoms with Crippen LogP contribution in [-0.4, -0.2) is 23.0 Å². The Balaban J connectivity index is 2.06. The maximum Gasteiger partial charge on any atom is 0.371 e. The van der Waals surface area contributed by atoms with Crippen LogP contribution in [0.2, 0.25) is 0 Å². The van der Waals surface area contributed by atoms with Crippen molar-refractivity contribution >= 4 is 5.97 Å². The Hall–Kier alpha value is -2.07. The predicted molar refractivity (Wildman–Crippen MR) is 72.0 cm³/mol. The molecule has 0 bridgehead atoms. The molecular formula is C15H17NO3. The summed E-state index contributed by atoms with van der Waals surface area (Å²) in [5.41, 5.74) is 1.21. The van der Waals surface area contributed by atoms with Crippen LogP contribution in [0.1, 0.15) is 34.8 Å². The molecule has 0 saturated carbocycles. The largest absolute Gasteiger partial charge is 0.475 e. The fourth-order valence-electron chi connectivity index (χ4n) is 1.92. The molecule has 4 heteroatoms. The minimum absolute atomic E-state index is 0.0186. The molecule has 19 heavy (non-hydrogen) atoms. The zero-order valence-electron chi connectivity index (χ0n) is 11.0. The number of hydrogen-bond acceptors (Lipinski definition) is 3. The van der Waals surface area contributed by atoms with Crippen molar-refractivity contribution in [2.24, 2.45) is 0 Å². The topological polar surface area (TPSA) is 53.7 Å². The van der Waals surface area contributed by atoms with Gasteiger partial charge < -0.3 is 9.52 Å². The second kappa shape index (κ2) is 5.71. The third-order valence-corrected chi connectivity index (χ3v) is 3.19. The average Bonchev–Trinajstić information content (AvgIpc) is 2.88. The van der Waals surface area contributed by atoms with E-state index in [9.17, 15) is 4.79 Å². The molecule has 100 valence electrons. The van der Waals surface area contributed by atoms with E-state index in [1.54, 1.807) is 6.07 Å². The van der Waals surface area contributed by atoms with Gasteiger partial charge in [0.2, 0.25) is 5.76 Å². The van der Waals surface area contributed by atoms with Crippen LogP contribution in [0.25, 0.3) is 0 Å². The standard InChI is InChI=1S/C15H17NO3/c1-11(13-8-9-14(19-13)15(17)18)16(2)10-12-6-4-3-5-7-12/h3-9,11H,10H2,1-2H3,(H,17,18). The molecule has 0 saturated heterocycles. The highest BCUT2D eigenvalue weighted by Gasteiger charge is 2.17. The number of carboxylic acids is 1. The summed E-state index contributed by atoms with van der Waals surface area (Å²) in [6, 6.07) is 13.3. The number of carboxylic acid groups (broad SMARTS) is 1. The first kappa shape index (κ1) is 13.4. The highest BCUT2D eigenvalue weighted by molar-refractivity contribution is 5.84. The van der Waals surface area contributed by atoms with Gasteiger partial charge in [0.15, 0.2) is 0 Å². The molecule has 0 fully saturated rings. The van der Waals surface area contributed by atoms with E-state index in [4.69, 9.17) is 9.52 Å². The molecule has 0 aliphatic heterocycles. The van der Waals surface area contributed by atoms with Crippen molar-refractivity contribution in [1.29, 1.82) is 0 Å². The van der Waals surface area contributed by atoms with Crippen molar-refractivity contribution < 1.29 is 14.3 Å². The van der Waals surface area contributed by atoms with Crippen LogP contribution in [-0.2, 0) is 6.54 Å². The summed E-state index contributed by atoms with van der Waals surface area (Å²) in [5.74, 6) is -0.394. The maximum absolute atomic E-state index is 10.8. The van der Waals surface area contributed by atoms with E-state index < -0.39 is 5.97 Å². The molecule has 0 spiro atoms. The third kappa shape index (κ3) is 3.23. The number of nitrogens with zero attached hydrogens (tertiary/aromatic N) is 1. The fraction of sp³-hybridized carbons (Fsp3) is 0.267. The first-order valence-electron chi connectivity index (χ1n) is 6.15. The average molecular weight is 259 g/mol. The molecule has 0 amide bonds. The molecule has 4 nitrogen and oxygen atoms in total. The van der Waals surface area contributed by atoms with Gasteiger partial charge in [0, 0.05) is 6.54 Å². The minimum atomic E-state index is -1.04. The fourth-order valence-corrected chi connectivity index (χ4v) is 1.92. The van der Waals surface area contributed by atoms with Gasteiger partial charge in [-0.25, -0.2) is 4.79 Å². The van der Waals surface area contributed by atoms with Gasteiger partial charge in [0.1, 0.15) is 5.76 Å². The van der Waals surface area contributed by atoms with Crippen molar-refractivity contribution in [3.63, 3.8) is 0 Å². The van der Waals surface area contributed by atoms with Crippen molar-refractivity contribution in [3.8, 4) is 0 Å². The van der Waals surface area contributed by atoms with Crippen LogP contribution in [0.4, 0.5) is 0 Å².